The Morgan fingerprint density at radius 2 is 1.72 bits per heavy atom. The highest BCUT2D eigenvalue weighted by Crippen LogP contribution is 2.29. The van der Waals surface area contributed by atoms with Crippen LogP contribution in [0.4, 0.5) is 0 Å². The van der Waals surface area contributed by atoms with Gasteiger partial charge in [-0.1, -0.05) is 80.3 Å². The van der Waals surface area contributed by atoms with Crippen molar-refractivity contribution >= 4 is 22.6 Å². The van der Waals surface area contributed by atoms with Gasteiger partial charge in [0, 0.05) is 11.1 Å². The summed E-state index contributed by atoms with van der Waals surface area (Å²) < 4.78 is 12.1. The predicted octanol–water partition coefficient (Wildman–Crippen LogP) is 7.82. The van der Waals surface area contributed by atoms with Crippen LogP contribution in [0.2, 0.25) is 5.02 Å². The number of aryl methyl sites for hydroxylation is 1. The summed E-state index contributed by atoms with van der Waals surface area (Å²) in [5.41, 5.74) is 3.96. The molecule has 4 aromatic rings. The van der Waals surface area contributed by atoms with E-state index in [4.69, 9.17) is 20.8 Å². The van der Waals surface area contributed by atoms with Crippen LogP contribution in [0.25, 0.3) is 22.1 Å². The van der Waals surface area contributed by atoms with Crippen LogP contribution in [0.5, 0.6) is 5.75 Å². The SMILES string of the molecule is CCCCCCc1cc2c(=O)c(-c3ccc(Cl)cc3)coc2cc1OCc1ccccc1. The van der Waals surface area contributed by atoms with Crippen LogP contribution in [0.3, 0.4) is 0 Å². The molecule has 0 radical (unpaired) electrons. The summed E-state index contributed by atoms with van der Waals surface area (Å²) >= 11 is 6.00. The largest absolute Gasteiger partial charge is 0.488 e. The maximum Gasteiger partial charge on any atom is 0.200 e. The highest BCUT2D eigenvalue weighted by Gasteiger charge is 2.14. The smallest absolute Gasteiger partial charge is 0.200 e. The number of benzene rings is 3. The molecule has 0 unspecified atom stereocenters. The molecule has 0 spiro atoms. The third-order valence-corrected chi connectivity index (χ3v) is 5.90. The summed E-state index contributed by atoms with van der Waals surface area (Å²) in [5.74, 6) is 0.778. The molecule has 0 fully saturated rings. The topological polar surface area (TPSA) is 39.4 Å². The van der Waals surface area contributed by atoms with Crippen molar-refractivity contribution in [1.29, 1.82) is 0 Å². The van der Waals surface area contributed by atoms with Gasteiger partial charge in [0.2, 0.25) is 5.43 Å². The fourth-order valence-corrected chi connectivity index (χ4v) is 3.96. The Kier molecular flexibility index (Phi) is 7.28. The molecule has 32 heavy (non-hydrogen) atoms. The maximum atomic E-state index is 13.3. The van der Waals surface area contributed by atoms with E-state index in [9.17, 15) is 4.79 Å². The molecule has 0 aliphatic carbocycles. The zero-order chi connectivity index (χ0) is 22.3. The molecule has 164 valence electrons. The van der Waals surface area contributed by atoms with Crippen molar-refractivity contribution in [3.8, 4) is 16.9 Å². The van der Waals surface area contributed by atoms with E-state index < -0.39 is 0 Å². The number of rotatable bonds is 9. The standard InChI is InChI=1S/C28H27ClO3/c1-2-3-4-8-11-22-16-24-27(17-26(22)31-18-20-9-6-5-7-10-20)32-19-25(28(24)30)21-12-14-23(29)15-13-21/h5-7,9-10,12-17,19H,2-4,8,11,18H2,1H3. The average Bonchev–Trinajstić information content (AvgIpc) is 2.82. The molecule has 4 heteroatoms. The quantitative estimate of drug-likeness (QED) is 0.246. The molecule has 0 saturated heterocycles. The first-order valence-electron chi connectivity index (χ1n) is 11.2. The monoisotopic (exact) mass is 446 g/mol. The zero-order valence-electron chi connectivity index (χ0n) is 18.3. The minimum absolute atomic E-state index is 0.0435. The lowest BCUT2D eigenvalue weighted by atomic mass is 10.0. The fourth-order valence-electron chi connectivity index (χ4n) is 3.84. The normalized spacial score (nSPS) is 11.1. The molecule has 0 atom stereocenters. The van der Waals surface area contributed by atoms with Crippen molar-refractivity contribution in [2.24, 2.45) is 0 Å². The number of unbranched alkanes of at least 4 members (excludes halogenated alkanes) is 3. The highest BCUT2D eigenvalue weighted by atomic mass is 35.5. The molecule has 0 bridgehead atoms. The lowest BCUT2D eigenvalue weighted by Gasteiger charge is -2.13. The van der Waals surface area contributed by atoms with Gasteiger partial charge in [-0.15, -0.1) is 0 Å². The minimum Gasteiger partial charge on any atom is -0.488 e. The minimum atomic E-state index is -0.0435. The Bertz CT molecular complexity index is 1230. The Balaban J connectivity index is 1.70. The van der Waals surface area contributed by atoms with E-state index in [1.54, 1.807) is 12.1 Å². The van der Waals surface area contributed by atoms with Crippen molar-refractivity contribution < 1.29 is 9.15 Å². The lowest BCUT2D eigenvalue weighted by Crippen LogP contribution is -2.07. The summed E-state index contributed by atoms with van der Waals surface area (Å²) in [6.45, 7) is 2.68. The number of halogens is 1. The van der Waals surface area contributed by atoms with Gasteiger partial charge in [-0.3, -0.25) is 4.79 Å². The van der Waals surface area contributed by atoms with E-state index in [1.165, 1.54) is 19.1 Å². The van der Waals surface area contributed by atoms with Gasteiger partial charge in [-0.25, -0.2) is 0 Å². The van der Waals surface area contributed by atoms with E-state index in [1.807, 2.05) is 54.6 Å². The second kappa shape index (κ2) is 10.5. The van der Waals surface area contributed by atoms with Crippen LogP contribution in [0.15, 0.2) is 82.2 Å². The highest BCUT2D eigenvalue weighted by molar-refractivity contribution is 6.30. The Hall–Kier alpha value is -3.04. The van der Waals surface area contributed by atoms with Crippen LogP contribution in [-0.2, 0) is 13.0 Å². The molecule has 0 amide bonds. The summed E-state index contributed by atoms with van der Waals surface area (Å²) in [4.78, 5) is 13.3. The van der Waals surface area contributed by atoms with Crippen molar-refractivity contribution in [2.45, 2.75) is 45.6 Å². The fraction of sp³-hybridized carbons (Fsp3) is 0.250. The molecular formula is C28H27ClO3. The van der Waals surface area contributed by atoms with Crippen LogP contribution in [0, 0.1) is 0 Å². The van der Waals surface area contributed by atoms with Gasteiger partial charge in [-0.05, 0) is 47.7 Å². The van der Waals surface area contributed by atoms with E-state index in [0.717, 1.165) is 41.7 Å². The molecule has 0 aliphatic rings. The molecule has 0 saturated carbocycles. The Morgan fingerprint density at radius 3 is 2.47 bits per heavy atom. The van der Waals surface area contributed by atoms with Gasteiger partial charge in [0.25, 0.3) is 0 Å². The molecular weight excluding hydrogens is 420 g/mol. The number of ether oxygens (including phenoxy) is 1. The second-order valence-electron chi connectivity index (χ2n) is 8.03. The van der Waals surface area contributed by atoms with E-state index in [0.29, 0.717) is 28.2 Å². The zero-order valence-corrected chi connectivity index (χ0v) is 19.0. The van der Waals surface area contributed by atoms with Gasteiger partial charge >= 0.3 is 0 Å². The van der Waals surface area contributed by atoms with Crippen LogP contribution in [0.1, 0.15) is 43.7 Å². The van der Waals surface area contributed by atoms with Crippen LogP contribution < -0.4 is 10.2 Å². The van der Waals surface area contributed by atoms with Crippen molar-refractivity contribution in [1.82, 2.24) is 0 Å². The van der Waals surface area contributed by atoms with Gasteiger partial charge < -0.3 is 9.15 Å². The first kappa shape index (κ1) is 22.2. The second-order valence-corrected chi connectivity index (χ2v) is 8.46. The summed E-state index contributed by atoms with van der Waals surface area (Å²) in [5, 5.41) is 1.21. The van der Waals surface area contributed by atoms with Crippen LogP contribution in [-0.4, -0.2) is 0 Å². The van der Waals surface area contributed by atoms with Crippen molar-refractivity contribution in [2.75, 3.05) is 0 Å². The summed E-state index contributed by atoms with van der Waals surface area (Å²) in [7, 11) is 0. The van der Waals surface area contributed by atoms with E-state index >= 15 is 0 Å². The van der Waals surface area contributed by atoms with Crippen molar-refractivity contribution in [3.63, 3.8) is 0 Å². The van der Waals surface area contributed by atoms with E-state index in [2.05, 4.69) is 6.92 Å². The molecule has 0 N–H and O–H groups in total. The van der Waals surface area contributed by atoms with Crippen molar-refractivity contribution in [3.05, 3.63) is 99.4 Å². The summed E-state index contributed by atoms with van der Waals surface area (Å²) in [6, 6.07) is 21.1. The molecule has 1 aromatic heterocycles. The van der Waals surface area contributed by atoms with Gasteiger partial charge in [-0.2, -0.15) is 0 Å². The molecule has 4 rings (SSSR count). The van der Waals surface area contributed by atoms with Gasteiger partial charge in [0.1, 0.15) is 24.2 Å². The van der Waals surface area contributed by atoms with Gasteiger partial charge in [0.05, 0.1) is 10.9 Å². The molecule has 1 heterocycles. The third kappa shape index (κ3) is 5.23. The lowest BCUT2D eigenvalue weighted by molar-refractivity contribution is 0.302. The van der Waals surface area contributed by atoms with Gasteiger partial charge in [0.15, 0.2) is 0 Å². The van der Waals surface area contributed by atoms with Crippen LogP contribution >= 0.6 is 11.6 Å². The maximum absolute atomic E-state index is 13.3. The number of hydrogen-bond donors (Lipinski definition) is 0. The third-order valence-electron chi connectivity index (χ3n) is 5.65. The number of hydrogen-bond acceptors (Lipinski definition) is 3. The molecule has 3 nitrogen and oxygen atoms in total. The van der Waals surface area contributed by atoms with E-state index in [-0.39, 0.29) is 5.43 Å². The average molecular weight is 447 g/mol. The summed E-state index contributed by atoms with van der Waals surface area (Å²) in [6.07, 6.45) is 7.00. The molecule has 3 aromatic carbocycles. The Morgan fingerprint density at radius 1 is 0.938 bits per heavy atom. The first-order chi connectivity index (χ1) is 15.7. The Labute approximate surface area is 193 Å². The molecule has 0 aliphatic heterocycles. The number of fused-ring (bicyclic) bond motifs is 1. The predicted molar refractivity (Wildman–Crippen MR) is 132 cm³/mol. The first-order valence-corrected chi connectivity index (χ1v) is 11.5.